The van der Waals surface area contributed by atoms with Crippen molar-refractivity contribution in [3.63, 3.8) is 0 Å². The Hall–Kier alpha value is -3.28. The largest absolute Gasteiger partial charge is 0.421 e. The van der Waals surface area contributed by atoms with Crippen LogP contribution in [0.15, 0.2) is 59.6 Å². The number of esters is 1. The maximum atomic E-state index is 11.9. The van der Waals surface area contributed by atoms with Gasteiger partial charge in [-0.05, 0) is 13.0 Å². The molecule has 0 radical (unpaired) electrons. The highest BCUT2D eigenvalue weighted by Crippen LogP contribution is 2.25. The third kappa shape index (κ3) is 3.16. The molecular weight excluding hydrogens is 296 g/mol. The average molecular weight is 308 g/mol. The highest BCUT2D eigenvalue weighted by atomic mass is 16.6. The standard InChI is InChI=1S/C17H12N2O4/c1-11-5-7-12(8-6-11)16-10-15(17(20)23-16)18-13-3-2-4-14(9-13)19(21)22/h2-10H,1H3. The van der Waals surface area contributed by atoms with Crippen molar-refractivity contribution in [1.29, 1.82) is 0 Å². The zero-order valence-electron chi connectivity index (χ0n) is 12.2. The van der Waals surface area contributed by atoms with Crippen molar-refractivity contribution >= 4 is 28.8 Å². The van der Waals surface area contributed by atoms with Gasteiger partial charge in [0.1, 0.15) is 5.76 Å². The number of nitro benzene ring substituents is 1. The van der Waals surface area contributed by atoms with Gasteiger partial charge in [0.15, 0.2) is 5.71 Å². The highest BCUT2D eigenvalue weighted by Gasteiger charge is 2.23. The SMILES string of the molecule is Cc1ccc(C2=CC(=Nc3cccc([N+](=O)[O-])c3)C(=O)O2)cc1. The molecule has 0 spiro atoms. The van der Waals surface area contributed by atoms with E-state index in [-0.39, 0.29) is 11.4 Å². The Labute approximate surface area is 131 Å². The summed E-state index contributed by atoms with van der Waals surface area (Å²) >= 11 is 0. The fourth-order valence-electron chi connectivity index (χ4n) is 2.12. The van der Waals surface area contributed by atoms with Crippen LogP contribution >= 0.6 is 0 Å². The number of cyclic esters (lactones) is 1. The summed E-state index contributed by atoms with van der Waals surface area (Å²) in [5, 5.41) is 10.8. The van der Waals surface area contributed by atoms with Gasteiger partial charge in [0, 0.05) is 23.8 Å². The Balaban J connectivity index is 1.93. The number of aryl methyl sites for hydroxylation is 1. The quantitative estimate of drug-likeness (QED) is 0.493. The molecule has 0 N–H and O–H groups in total. The maximum absolute atomic E-state index is 11.9. The molecule has 1 aliphatic heterocycles. The van der Waals surface area contributed by atoms with Gasteiger partial charge < -0.3 is 4.74 Å². The topological polar surface area (TPSA) is 81.8 Å². The Kier molecular flexibility index (Phi) is 3.72. The molecule has 0 saturated carbocycles. The normalized spacial score (nSPS) is 15.4. The summed E-state index contributed by atoms with van der Waals surface area (Å²) < 4.78 is 5.21. The first-order valence-corrected chi connectivity index (χ1v) is 6.87. The van der Waals surface area contributed by atoms with Crippen molar-refractivity contribution in [1.82, 2.24) is 0 Å². The van der Waals surface area contributed by atoms with E-state index in [0.29, 0.717) is 11.4 Å². The van der Waals surface area contributed by atoms with Crippen LogP contribution in [0.25, 0.3) is 5.76 Å². The number of non-ortho nitro benzene ring substituents is 1. The second-order valence-electron chi connectivity index (χ2n) is 5.04. The lowest BCUT2D eigenvalue weighted by molar-refractivity contribution is -0.384. The van der Waals surface area contributed by atoms with Gasteiger partial charge in [-0.2, -0.15) is 0 Å². The molecule has 23 heavy (non-hydrogen) atoms. The van der Waals surface area contributed by atoms with E-state index in [2.05, 4.69) is 4.99 Å². The van der Waals surface area contributed by atoms with Crippen LogP contribution < -0.4 is 0 Å². The average Bonchev–Trinajstić information content (AvgIpc) is 2.89. The fourth-order valence-corrected chi connectivity index (χ4v) is 2.12. The number of carbonyl (C=O) groups excluding carboxylic acids is 1. The number of benzene rings is 2. The van der Waals surface area contributed by atoms with E-state index in [1.807, 2.05) is 31.2 Å². The molecule has 1 heterocycles. The Morgan fingerprint density at radius 1 is 1.13 bits per heavy atom. The number of nitro groups is 1. The van der Waals surface area contributed by atoms with E-state index in [4.69, 9.17) is 4.74 Å². The molecule has 0 aromatic heterocycles. The van der Waals surface area contributed by atoms with Crippen molar-refractivity contribution < 1.29 is 14.5 Å². The zero-order valence-corrected chi connectivity index (χ0v) is 12.2. The number of carbonyl (C=O) groups is 1. The van der Waals surface area contributed by atoms with Gasteiger partial charge in [-0.1, -0.05) is 35.9 Å². The molecule has 114 valence electrons. The molecule has 2 aromatic carbocycles. The molecule has 6 heteroatoms. The molecule has 0 saturated heterocycles. The van der Waals surface area contributed by atoms with Crippen LogP contribution in [0.4, 0.5) is 11.4 Å². The van der Waals surface area contributed by atoms with Gasteiger partial charge in [-0.25, -0.2) is 9.79 Å². The highest BCUT2D eigenvalue weighted by molar-refractivity contribution is 6.46. The third-order valence-electron chi connectivity index (χ3n) is 3.31. The zero-order chi connectivity index (χ0) is 16.4. The Morgan fingerprint density at radius 2 is 1.87 bits per heavy atom. The first kappa shape index (κ1) is 14.6. The van der Waals surface area contributed by atoms with Crippen LogP contribution in [0.2, 0.25) is 0 Å². The molecule has 0 atom stereocenters. The molecule has 2 aromatic rings. The lowest BCUT2D eigenvalue weighted by atomic mass is 10.1. The third-order valence-corrected chi connectivity index (χ3v) is 3.31. The first-order chi connectivity index (χ1) is 11.0. The minimum atomic E-state index is -0.577. The summed E-state index contributed by atoms with van der Waals surface area (Å²) in [6.45, 7) is 1.97. The van der Waals surface area contributed by atoms with Crippen molar-refractivity contribution in [2.24, 2.45) is 4.99 Å². The minimum Gasteiger partial charge on any atom is -0.421 e. The Bertz CT molecular complexity index is 851. The number of hydrogen-bond donors (Lipinski definition) is 0. The number of ether oxygens (including phenoxy) is 1. The van der Waals surface area contributed by atoms with Crippen LogP contribution in [0.5, 0.6) is 0 Å². The van der Waals surface area contributed by atoms with Crippen molar-refractivity contribution in [2.45, 2.75) is 6.92 Å². The summed E-state index contributed by atoms with van der Waals surface area (Å²) in [5.74, 6) is -0.161. The molecule has 0 amide bonds. The van der Waals surface area contributed by atoms with E-state index in [1.165, 1.54) is 24.3 Å². The van der Waals surface area contributed by atoms with Gasteiger partial charge >= 0.3 is 5.97 Å². The molecule has 0 unspecified atom stereocenters. The van der Waals surface area contributed by atoms with Crippen molar-refractivity contribution in [3.8, 4) is 0 Å². The van der Waals surface area contributed by atoms with Crippen LogP contribution in [-0.2, 0) is 9.53 Å². The Morgan fingerprint density at radius 3 is 2.57 bits per heavy atom. The van der Waals surface area contributed by atoms with Crippen LogP contribution in [-0.4, -0.2) is 16.6 Å². The van der Waals surface area contributed by atoms with Gasteiger partial charge in [-0.3, -0.25) is 10.1 Å². The van der Waals surface area contributed by atoms with Gasteiger partial charge in [0.05, 0.1) is 10.6 Å². The molecule has 0 bridgehead atoms. The number of aliphatic imine (C=N–C) groups is 1. The molecule has 3 rings (SSSR count). The van der Waals surface area contributed by atoms with Crippen molar-refractivity contribution in [2.75, 3.05) is 0 Å². The minimum absolute atomic E-state index is 0.0825. The van der Waals surface area contributed by atoms with Crippen molar-refractivity contribution in [3.05, 3.63) is 75.8 Å². The van der Waals surface area contributed by atoms with E-state index in [1.54, 1.807) is 6.07 Å². The number of nitrogens with zero attached hydrogens (tertiary/aromatic N) is 2. The first-order valence-electron chi connectivity index (χ1n) is 6.87. The predicted octanol–water partition coefficient (Wildman–Crippen LogP) is 3.57. The molecule has 0 fully saturated rings. The van der Waals surface area contributed by atoms with Crippen LogP contribution in [0.1, 0.15) is 11.1 Å². The summed E-state index contributed by atoms with van der Waals surface area (Å²) in [5.41, 5.74) is 2.23. The monoisotopic (exact) mass is 308 g/mol. The molecular formula is C17H12N2O4. The van der Waals surface area contributed by atoms with E-state index >= 15 is 0 Å². The molecule has 6 nitrogen and oxygen atoms in total. The number of rotatable bonds is 3. The van der Waals surface area contributed by atoms with Crippen LogP contribution in [0, 0.1) is 17.0 Å². The smallest absolute Gasteiger partial charge is 0.362 e. The second kappa shape index (κ2) is 5.84. The maximum Gasteiger partial charge on any atom is 0.362 e. The lowest BCUT2D eigenvalue weighted by Crippen LogP contribution is -2.06. The fraction of sp³-hybridized carbons (Fsp3) is 0.0588. The van der Waals surface area contributed by atoms with E-state index in [9.17, 15) is 14.9 Å². The van der Waals surface area contributed by atoms with Gasteiger partial charge in [-0.15, -0.1) is 0 Å². The van der Waals surface area contributed by atoms with E-state index < -0.39 is 10.9 Å². The van der Waals surface area contributed by atoms with Gasteiger partial charge in [0.25, 0.3) is 5.69 Å². The lowest BCUT2D eigenvalue weighted by Gasteiger charge is -2.01. The summed E-state index contributed by atoms with van der Waals surface area (Å²) in [7, 11) is 0. The predicted molar refractivity (Wildman–Crippen MR) is 85.4 cm³/mol. The summed E-state index contributed by atoms with van der Waals surface area (Å²) in [6, 6.07) is 13.3. The van der Waals surface area contributed by atoms with Crippen LogP contribution in [0.3, 0.4) is 0 Å². The summed E-state index contributed by atoms with van der Waals surface area (Å²) in [6.07, 6.45) is 1.53. The molecule has 0 aliphatic carbocycles. The number of hydrogen-bond acceptors (Lipinski definition) is 5. The summed E-state index contributed by atoms with van der Waals surface area (Å²) in [4.78, 5) is 26.3. The molecule has 1 aliphatic rings. The van der Waals surface area contributed by atoms with E-state index in [0.717, 1.165) is 11.1 Å². The van der Waals surface area contributed by atoms with Gasteiger partial charge in [0.2, 0.25) is 0 Å². The second-order valence-corrected chi connectivity index (χ2v) is 5.04.